The lowest BCUT2D eigenvalue weighted by Gasteiger charge is -2.30. The van der Waals surface area contributed by atoms with E-state index in [-0.39, 0.29) is 18.5 Å². The first-order valence-electron chi connectivity index (χ1n) is 11.2. The fourth-order valence-corrected chi connectivity index (χ4v) is 4.24. The highest BCUT2D eigenvalue weighted by atomic mass is 16.4. The molecule has 31 heavy (non-hydrogen) atoms. The lowest BCUT2D eigenvalue weighted by molar-refractivity contribution is -0.137. The van der Waals surface area contributed by atoms with E-state index in [0.717, 1.165) is 25.7 Å². The van der Waals surface area contributed by atoms with Gasteiger partial charge in [-0.2, -0.15) is 0 Å². The van der Waals surface area contributed by atoms with Gasteiger partial charge in [0.15, 0.2) is 17.0 Å². The van der Waals surface area contributed by atoms with E-state index in [2.05, 4.69) is 52.9 Å². The maximum Gasteiger partial charge on any atom is 0.305 e. The van der Waals surface area contributed by atoms with Gasteiger partial charge in [-0.05, 0) is 50.9 Å². The Balaban J connectivity index is 2.04. The van der Waals surface area contributed by atoms with E-state index in [9.17, 15) is 15.0 Å². The van der Waals surface area contributed by atoms with Gasteiger partial charge in [0.1, 0.15) is 5.60 Å². The van der Waals surface area contributed by atoms with Crippen LogP contribution in [0.1, 0.15) is 84.5 Å². The molecule has 0 saturated heterocycles. The summed E-state index contributed by atoms with van der Waals surface area (Å²) < 4.78 is 1.76. The van der Waals surface area contributed by atoms with Crippen molar-refractivity contribution in [2.75, 3.05) is 5.32 Å². The molecule has 2 heterocycles. The van der Waals surface area contributed by atoms with Crippen molar-refractivity contribution >= 4 is 23.0 Å². The van der Waals surface area contributed by atoms with Crippen LogP contribution < -0.4 is 5.32 Å². The second-order valence-electron chi connectivity index (χ2n) is 8.81. The molecule has 8 nitrogen and oxygen atoms in total. The van der Waals surface area contributed by atoms with Crippen molar-refractivity contribution in [2.24, 2.45) is 5.92 Å². The predicted molar refractivity (Wildman–Crippen MR) is 120 cm³/mol. The highest BCUT2D eigenvalue weighted by molar-refractivity contribution is 5.83. The van der Waals surface area contributed by atoms with E-state index in [0.29, 0.717) is 41.6 Å². The summed E-state index contributed by atoms with van der Waals surface area (Å²) in [4.78, 5) is 24.9. The van der Waals surface area contributed by atoms with Crippen LogP contribution in [0.5, 0.6) is 0 Å². The summed E-state index contributed by atoms with van der Waals surface area (Å²) in [6, 6.07) is -0.0912. The molecule has 0 spiro atoms. The van der Waals surface area contributed by atoms with Crippen LogP contribution in [0.4, 0.5) is 5.82 Å². The lowest BCUT2D eigenvalue weighted by atomic mass is 9.79. The molecule has 1 saturated carbocycles. The predicted octanol–water partition coefficient (Wildman–Crippen LogP) is 3.76. The van der Waals surface area contributed by atoms with Gasteiger partial charge >= 0.3 is 5.97 Å². The molecule has 0 radical (unpaired) electrons. The zero-order chi connectivity index (χ0) is 22.6. The van der Waals surface area contributed by atoms with Crippen LogP contribution in [-0.2, 0) is 4.79 Å². The molecular weight excluding hydrogens is 394 g/mol. The minimum atomic E-state index is -1.02. The number of anilines is 1. The maximum atomic E-state index is 11.2. The number of carboxylic acids is 1. The molecule has 0 bridgehead atoms. The van der Waals surface area contributed by atoms with Crippen molar-refractivity contribution in [1.82, 2.24) is 19.5 Å². The third kappa shape index (κ3) is 5.53. The summed E-state index contributed by atoms with van der Waals surface area (Å²) in [7, 11) is 0. The number of imidazole rings is 1. The molecule has 168 valence electrons. The molecule has 3 atom stereocenters. The first kappa shape index (κ1) is 23.0. The maximum absolute atomic E-state index is 11.2. The van der Waals surface area contributed by atoms with Gasteiger partial charge < -0.3 is 20.1 Å². The summed E-state index contributed by atoms with van der Waals surface area (Å²) in [5.41, 5.74) is 0.126. The Morgan fingerprint density at radius 1 is 1.39 bits per heavy atom. The summed E-state index contributed by atoms with van der Waals surface area (Å²) in [5.74, 6) is 6.46. The van der Waals surface area contributed by atoms with Crippen LogP contribution in [0.3, 0.4) is 0 Å². The van der Waals surface area contributed by atoms with Gasteiger partial charge in [0, 0.05) is 12.1 Å². The third-order valence-corrected chi connectivity index (χ3v) is 6.07. The number of nitrogens with zero attached hydrogens (tertiary/aromatic N) is 4. The molecular formula is C23H33N5O3. The van der Waals surface area contributed by atoms with Gasteiger partial charge in [-0.25, -0.2) is 15.0 Å². The molecule has 0 aliphatic heterocycles. The first-order valence-corrected chi connectivity index (χ1v) is 11.2. The van der Waals surface area contributed by atoms with Gasteiger partial charge in [0.05, 0.1) is 12.7 Å². The van der Waals surface area contributed by atoms with E-state index in [1.165, 1.54) is 0 Å². The Kier molecular flexibility index (Phi) is 7.16. The standard InChI is InChI=1S/C23H33N5O3/c1-5-17(6-2)25-21-20-22(28(14-24-20)16(4)12-19(29)30)27-18(26-21)9-11-23(31)10-7-8-15(3)13-23/h14-17,31H,5-8,10,12-13H2,1-4H3,(H,29,30)(H,25,26,27). The summed E-state index contributed by atoms with van der Waals surface area (Å²) in [6.07, 6.45) is 6.78. The van der Waals surface area contributed by atoms with E-state index in [1.54, 1.807) is 10.9 Å². The Bertz CT molecular complexity index is 988. The summed E-state index contributed by atoms with van der Waals surface area (Å²) in [5, 5.41) is 23.5. The highest BCUT2D eigenvalue weighted by Crippen LogP contribution is 2.31. The molecule has 3 rings (SSSR count). The highest BCUT2D eigenvalue weighted by Gasteiger charge is 2.30. The molecule has 3 unspecified atom stereocenters. The minimum absolute atomic E-state index is 0.0383. The Morgan fingerprint density at radius 3 is 2.77 bits per heavy atom. The van der Waals surface area contributed by atoms with Crippen molar-refractivity contribution in [3.05, 3.63) is 12.2 Å². The van der Waals surface area contributed by atoms with Crippen molar-refractivity contribution in [1.29, 1.82) is 0 Å². The number of nitrogens with one attached hydrogen (secondary N) is 1. The zero-order valence-electron chi connectivity index (χ0n) is 18.9. The zero-order valence-corrected chi connectivity index (χ0v) is 18.9. The molecule has 3 N–H and O–H groups in total. The molecule has 8 heteroatoms. The number of aliphatic hydroxyl groups is 1. The number of fused-ring (bicyclic) bond motifs is 1. The number of aliphatic carboxylic acids is 1. The van der Waals surface area contributed by atoms with Gasteiger partial charge in [-0.3, -0.25) is 4.79 Å². The molecule has 1 aliphatic carbocycles. The van der Waals surface area contributed by atoms with Gasteiger partial charge in [-0.1, -0.05) is 33.1 Å². The van der Waals surface area contributed by atoms with Crippen LogP contribution in [0.2, 0.25) is 0 Å². The molecule has 0 aromatic carbocycles. The van der Waals surface area contributed by atoms with Crippen LogP contribution in [-0.4, -0.2) is 47.3 Å². The second-order valence-corrected chi connectivity index (χ2v) is 8.81. The van der Waals surface area contributed by atoms with Crippen LogP contribution in [0.25, 0.3) is 11.2 Å². The van der Waals surface area contributed by atoms with E-state index < -0.39 is 11.6 Å². The summed E-state index contributed by atoms with van der Waals surface area (Å²) >= 11 is 0. The van der Waals surface area contributed by atoms with Crippen molar-refractivity contribution < 1.29 is 15.0 Å². The molecule has 1 aliphatic rings. The average molecular weight is 428 g/mol. The smallest absolute Gasteiger partial charge is 0.305 e. The van der Waals surface area contributed by atoms with E-state index >= 15 is 0 Å². The Labute approximate surface area is 183 Å². The van der Waals surface area contributed by atoms with E-state index in [4.69, 9.17) is 0 Å². The monoisotopic (exact) mass is 427 g/mol. The Hall–Kier alpha value is -2.66. The number of carbonyl (C=O) groups is 1. The minimum Gasteiger partial charge on any atom is -0.481 e. The summed E-state index contributed by atoms with van der Waals surface area (Å²) in [6.45, 7) is 8.17. The van der Waals surface area contributed by atoms with Crippen LogP contribution >= 0.6 is 0 Å². The van der Waals surface area contributed by atoms with Gasteiger partial charge in [-0.15, -0.1) is 0 Å². The van der Waals surface area contributed by atoms with Crippen LogP contribution in [0, 0.1) is 17.8 Å². The topological polar surface area (TPSA) is 113 Å². The van der Waals surface area contributed by atoms with Crippen molar-refractivity contribution in [3.63, 3.8) is 0 Å². The third-order valence-electron chi connectivity index (χ3n) is 6.07. The largest absolute Gasteiger partial charge is 0.481 e. The number of rotatable bonds is 7. The van der Waals surface area contributed by atoms with Crippen molar-refractivity contribution in [3.8, 4) is 11.8 Å². The molecule has 2 aromatic rings. The van der Waals surface area contributed by atoms with Gasteiger partial charge in [0.25, 0.3) is 0 Å². The number of aromatic nitrogens is 4. The average Bonchev–Trinajstić information content (AvgIpc) is 3.14. The Morgan fingerprint density at radius 2 is 2.13 bits per heavy atom. The molecule has 0 amide bonds. The quantitative estimate of drug-likeness (QED) is 0.577. The van der Waals surface area contributed by atoms with E-state index in [1.807, 2.05) is 6.92 Å². The SMILES string of the molecule is CCC(CC)Nc1nc(C#CC2(O)CCCC(C)C2)nc2c1ncn2C(C)CC(=O)O. The first-order chi connectivity index (χ1) is 14.7. The lowest BCUT2D eigenvalue weighted by Crippen LogP contribution is -2.32. The molecule has 1 fully saturated rings. The van der Waals surface area contributed by atoms with Crippen LogP contribution in [0.15, 0.2) is 6.33 Å². The van der Waals surface area contributed by atoms with Gasteiger partial charge in [0.2, 0.25) is 5.82 Å². The number of hydrogen-bond acceptors (Lipinski definition) is 6. The van der Waals surface area contributed by atoms with Crippen molar-refractivity contribution in [2.45, 2.75) is 90.3 Å². The number of carboxylic acid groups (broad SMARTS) is 1. The normalized spacial score (nSPS) is 22.2. The number of hydrogen-bond donors (Lipinski definition) is 3. The fraction of sp³-hybridized carbons (Fsp3) is 0.652. The molecule has 2 aromatic heterocycles. The second kappa shape index (κ2) is 9.65. The fourth-order valence-electron chi connectivity index (χ4n) is 4.24.